The van der Waals surface area contributed by atoms with E-state index in [0.29, 0.717) is 24.2 Å². The molecule has 1 aromatic rings. The summed E-state index contributed by atoms with van der Waals surface area (Å²) in [7, 11) is 1.54. The van der Waals surface area contributed by atoms with Crippen molar-refractivity contribution in [1.82, 2.24) is 16.0 Å². The molecule has 36 heavy (non-hydrogen) atoms. The summed E-state index contributed by atoms with van der Waals surface area (Å²) in [6, 6.07) is 3.46. The van der Waals surface area contributed by atoms with Crippen LogP contribution in [0.1, 0.15) is 75.2 Å². The van der Waals surface area contributed by atoms with Crippen molar-refractivity contribution in [2.45, 2.75) is 71.4 Å². The summed E-state index contributed by atoms with van der Waals surface area (Å²) in [5, 5.41) is 7.95. The second-order valence-corrected chi connectivity index (χ2v) is 10.1. The van der Waals surface area contributed by atoms with Gasteiger partial charge < -0.3 is 26.4 Å². The number of hydrogen-bond donors (Lipinski definition) is 4. The summed E-state index contributed by atoms with van der Waals surface area (Å²) in [6.45, 7) is 7.33. The third-order valence-corrected chi connectivity index (χ3v) is 6.00. The van der Waals surface area contributed by atoms with Crippen LogP contribution in [0.4, 0.5) is 0 Å². The molecule has 0 aliphatic heterocycles. The van der Waals surface area contributed by atoms with Gasteiger partial charge in [0.25, 0.3) is 0 Å². The molecule has 0 aromatic heterocycles. The zero-order valence-electron chi connectivity index (χ0n) is 21.7. The number of methoxy groups -OCH3 is 1. The van der Waals surface area contributed by atoms with Crippen molar-refractivity contribution in [3.8, 4) is 5.75 Å². The summed E-state index contributed by atoms with van der Waals surface area (Å²) < 4.78 is 5.26. The van der Waals surface area contributed by atoms with Gasteiger partial charge in [0.15, 0.2) is 5.78 Å². The van der Waals surface area contributed by atoms with Crippen LogP contribution in [-0.2, 0) is 19.2 Å². The lowest BCUT2D eigenvalue weighted by Gasteiger charge is -2.25. The van der Waals surface area contributed by atoms with Crippen molar-refractivity contribution in [3.63, 3.8) is 0 Å². The second kappa shape index (κ2) is 13.0. The molecule has 10 nitrogen and oxygen atoms in total. The minimum absolute atomic E-state index is 0.0274. The van der Waals surface area contributed by atoms with Gasteiger partial charge in [-0.15, -0.1) is 0 Å². The van der Waals surface area contributed by atoms with E-state index in [1.807, 2.05) is 27.7 Å². The normalized spacial score (nSPS) is 16.3. The van der Waals surface area contributed by atoms with Crippen LogP contribution < -0.4 is 26.4 Å². The number of nitrogens with two attached hydrogens (primary N) is 1. The number of carbonyl (C=O) groups excluding carboxylic acids is 5. The Labute approximate surface area is 212 Å². The molecule has 3 atom stereocenters. The van der Waals surface area contributed by atoms with E-state index in [-0.39, 0.29) is 48.8 Å². The Morgan fingerprint density at radius 3 is 2.17 bits per heavy atom. The average molecular weight is 503 g/mol. The van der Waals surface area contributed by atoms with Gasteiger partial charge in [0.1, 0.15) is 17.8 Å². The lowest BCUT2D eigenvalue weighted by atomic mass is 9.96. The first-order valence-electron chi connectivity index (χ1n) is 12.3. The molecule has 10 heteroatoms. The van der Waals surface area contributed by atoms with E-state index in [1.54, 1.807) is 18.2 Å². The Hall–Kier alpha value is -3.43. The highest BCUT2D eigenvalue weighted by Crippen LogP contribution is 2.37. The van der Waals surface area contributed by atoms with E-state index >= 15 is 0 Å². The first kappa shape index (κ1) is 28.8. The molecule has 0 spiro atoms. The predicted molar refractivity (Wildman–Crippen MR) is 134 cm³/mol. The van der Waals surface area contributed by atoms with Gasteiger partial charge in [-0.25, -0.2) is 0 Å². The third-order valence-electron chi connectivity index (χ3n) is 6.00. The predicted octanol–water partition coefficient (Wildman–Crippen LogP) is 1.42. The van der Waals surface area contributed by atoms with Crippen LogP contribution in [0.3, 0.4) is 0 Å². The van der Waals surface area contributed by atoms with Gasteiger partial charge in [-0.1, -0.05) is 27.7 Å². The Morgan fingerprint density at radius 1 is 1.00 bits per heavy atom. The number of fused-ring (bicyclic) bond motifs is 1. The number of ether oxygens (including phenoxy) is 1. The molecule has 4 amide bonds. The van der Waals surface area contributed by atoms with Gasteiger partial charge in [0.2, 0.25) is 23.6 Å². The SMILES string of the molecule is COc1ccc2c(c1)C(CC(=O)N[C@@H](CC(C)C)C(=O)N[C@H](CC(C)C)C(=O)NCC(N)=O)CC2=O. The molecule has 0 fully saturated rings. The summed E-state index contributed by atoms with van der Waals surface area (Å²) in [5.41, 5.74) is 6.46. The van der Waals surface area contributed by atoms with Crippen LogP contribution in [0.15, 0.2) is 18.2 Å². The van der Waals surface area contributed by atoms with E-state index in [2.05, 4.69) is 16.0 Å². The standard InChI is InChI=1S/C26H38N4O6/c1-14(2)8-20(25(34)28-13-23(27)32)30-26(35)21(9-15(3)4)29-24(33)11-16-10-22(31)18-7-6-17(36-5)12-19(16)18/h6-7,12,14-16,20-21H,8-11,13H2,1-5H3,(H2,27,32)(H,28,34)(H,29,33)(H,30,35)/t16?,20-,21+/m1/s1. The van der Waals surface area contributed by atoms with Crippen molar-refractivity contribution in [3.05, 3.63) is 29.3 Å². The first-order valence-corrected chi connectivity index (χ1v) is 12.3. The first-order chi connectivity index (χ1) is 16.9. The maximum Gasteiger partial charge on any atom is 0.243 e. The number of benzene rings is 1. The summed E-state index contributed by atoms with van der Waals surface area (Å²) >= 11 is 0. The largest absolute Gasteiger partial charge is 0.497 e. The van der Waals surface area contributed by atoms with E-state index in [9.17, 15) is 24.0 Å². The molecule has 0 heterocycles. The molecule has 1 aliphatic carbocycles. The van der Waals surface area contributed by atoms with Gasteiger partial charge in [0.05, 0.1) is 13.7 Å². The average Bonchev–Trinajstić information content (AvgIpc) is 3.09. The highest BCUT2D eigenvalue weighted by molar-refractivity contribution is 6.02. The Kier molecular flexibility index (Phi) is 10.4. The molecule has 5 N–H and O–H groups in total. The minimum Gasteiger partial charge on any atom is -0.497 e. The fraction of sp³-hybridized carbons (Fsp3) is 0.577. The lowest BCUT2D eigenvalue weighted by molar-refractivity contribution is -0.133. The fourth-order valence-corrected chi connectivity index (χ4v) is 4.34. The van der Waals surface area contributed by atoms with Crippen LogP contribution in [0.2, 0.25) is 0 Å². The number of Topliss-reactive ketones (excluding diaryl/α,β-unsaturated/α-hetero) is 1. The lowest BCUT2D eigenvalue weighted by Crippen LogP contribution is -2.55. The fourth-order valence-electron chi connectivity index (χ4n) is 4.34. The second-order valence-electron chi connectivity index (χ2n) is 10.1. The number of rotatable bonds is 13. The number of hydrogen-bond acceptors (Lipinski definition) is 6. The van der Waals surface area contributed by atoms with Crippen LogP contribution in [0, 0.1) is 11.8 Å². The summed E-state index contributed by atoms with van der Waals surface area (Å²) in [5.74, 6) is -1.59. The molecule has 0 saturated carbocycles. The van der Waals surface area contributed by atoms with E-state index in [4.69, 9.17) is 10.5 Å². The number of ketones is 1. The molecule has 1 aliphatic rings. The number of carbonyl (C=O) groups is 5. The third kappa shape index (κ3) is 8.35. The molecule has 0 bridgehead atoms. The van der Waals surface area contributed by atoms with Crippen LogP contribution in [-0.4, -0.2) is 55.2 Å². The molecular formula is C26H38N4O6. The maximum absolute atomic E-state index is 13.2. The van der Waals surface area contributed by atoms with Crippen molar-refractivity contribution in [1.29, 1.82) is 0 Å². The summed E-state index contributed by atoms with van der Waals surface area (Å²) in [4.78, 5) is 62.1. The Balaban J connectivity index is 2.11. The maximum atomic E-state index is 13.2. The van der Waals surface area contributed by atoms with E-state index in [0.717, 1.165) is 5.56 Å². The molecule has 1 aromatic carbocycles. The van der Waals surface area contributed by atoms with Crippen molar-refractivity contribution >= 4 is 29.4 Å². The number of nitrogens with one attached hydrogen (secondary N) is 3. The number of primary amides is 1. The summed E-state index contributed by atoms with van der Waals surface area (Å²) in [6.07, 6.45) is 0.972. The highest BCUT2D eigenvalue weighted by atomic mass is 16.5. The number of amides is 4. The van der Waals surface area contributed by atoms with Gasteiger partial charge >= 0.3 is 0 Å². The van der Waals surface area contributed by atoms with Crippen molar-refractivity contribution in [2.75, 3.05) is 13.7 Å². The van der Waals surface area contributed by atoms with Gasteiger partial charge in [-0.05, 0) is 48.4 Å². The molecule has 2 rings (SSSR count). The van der Waals surface area contributed by atoms with Gasteiger partial charge in [-0.3, -0.25) is 24.0 Å². The van der Waals surface area contributed by atoms with E-state index < -0.39 is 29.8 Å². The zero-order valence-corrected chi connectivity index (χ0v) is 21.7. The highest BCUT2D eigenvalue weighted by Gasteiger charge is 2.33. The van der Waals surface area contributed by atoms with Gasteiger partial charge in [-0.2, -0.15) is 0 Å². The minimum atomic E-state index is -0.879. The van der Waals surface area contributed by atoms with Crippen LogP contribution >= 0.6 is 0 Å². The molecule has 198 valence electrons. The molecule has 0 radical (unpaired) electrons. The smallest absolute Gasteiger partial charge is 0.243 e. The van der Waals surface area contributed by atoms with Crippen molar-refractivity contribution < 1.29 is 28.7 Å². The molecular weight excluding hydrogens is 464 g/mol. The topological polar surface area (TPSA) is 157 Å². The van der Waals surface area contributed by atoms with Crippen LogP contribution in [0.25, 0.3) is 0 Å². The van der Waals surface area contributed by atoms with Crippen molar-refractivity contribution in [2.24, 2.45) is 17.6 Å². The monoisotopic (exact) mass is 502 g/mol. The molecule has 0 saturated heterocycles. The van der Waals surface area contributed by atoms with Gasteiger partial charge in [0, 0.05) is 24.3 Å². The zero-order chi connectivity index (χ0) is 27.0. The molecule has 1 unspecified atom stereocenters. The Bertz CT molecular complexity index is 991. The van der Waals surface area contributed by atoms with Crippen LogP contribution in [0.5, 0.6) is 5.75 Å². The Morgan fingerprint density at radius 2 is 1.61 bits per heavy atom. The quantitative estimate of drug-likeness (QED) is 0.319. The van der Waals surface area contributed by atoms with E-state index in [1.165, 1.54) is 7.11 Å².